The van der Waals surface area contributed by atoms with Gasteiger partial charge in [-0.05, 0) is 50.1 Å². The highest BCUT2D eigenvalue weighted by molar-refractivity contribution is 5.94. The van der Waals surface area contributed by atoms with Gasteiger partial charge >= 0.3 is 5.97 Å². The molecule has 0 bridgehead atoms. The van der Waals surface area contributed by atoms with E-state index in [0.717, 1.165) is 5.56 Å². The van der Waals surface area contributed by atoms with E-state index in [4.69, 9.17) is 11.5 Å². The third-order valence-electron chi connectivity index (χ3n) is 6.15. The second-order valence-electron chi connectivity index (χ2n) is 10.0. The maximum atomic E-state index is 13.3. The summed E-state index contributed by atoms with van der Waals surface area (Å²) >= 11 is 0. The normalized spacial score (nSPS) is 14.2. The van der Waals surface area contributed by atoms with E-state index in [1.165, 1.54) is 12.5 Å². The van der Waals surface area contributed by atoms with Gasteiger partial charge in [0.25, 0.3) is 0 Å². The van der Waals surface area contributed by atoms with Crippen LogP contribution >= 0.6 is 0 Å². The lowest BCUT2D eigenvalue weighted by Gasteiger charge is -2.26. The summed E-state index contributed by atoms with van der Waals surface area (Å²) < 4.78 is 0. The predicted octanol–water partition coefficient (Wildman–Crippen LogP) is 0.236. The summed E-state index contributed by atoms with van der Waals surface area (Å²) in [5.41, 5.74) is 13.1. The summed E-state index contributed by atoms with van der Waals surface area (Å²) in [4.78, 5) is 57.8. The quantitative estimate of drug-likeness (QED) is 0.137. The molecule has 9 N–H and O–H groups in total. The van der Waals surface area contributed by atoms with E-state index in [1.54, 1.807) is 0 Å². The first-order chi connectivity index (χ1) is 18.6. The number of carboxylic acid groups (broad SMARTS) is 1. The highest BCUT2D eigenvalue weighted by Crippen LogP contribution is 2.10. The van der Waals surface area contributed by atoms with E-state index >= 15 is 0 Å². The fourth-order valence-corrected chi connectivity index (χ4v) is 4.06. The summed E-state index contributed by atoms with van der Waals surface area (Å²) in [6.45, 7) is 4.23. The Bertz CT molecular complexity index is 1050. The van der Waals surface area contributed by atoms with Gasteiger partial charge in [-0.1, -0.05) is 44.2 Å². The first kappa shape index (κ1) is 31.4. The zero-order valence-electron chi connectivity index (χ0n) is 22.6. The van der Waals surface area contributed by atoms with Crippen LogP contribution in [-0.4, -0.2) is 69.5 Å². The number of unbranched alkanes of at least 4 members (excludes halogenated alkanes) is 1. The number of aromatic nitrogens is 2. The van der Waals surface area contributed by atoms with Crippen molar-refractivity contribution >= 4 is 23.7 Å². The molecule has 1 aromatic heterocycles. The molecule has 12 heteroatoms. The van der Waals surface area contributed by atoms with Gasteiger partial charge in [-0.25, -0.2) is 9.78 Å². The number of carboxylic acids is 1. The largest absolute Gasteiger partial charge is 0.480 e. The summed E-state index contributed by atoms with van der Waals surface area (Å²) in [6, 6.07) is 5.28. The van der Waals surface area contributed by atoms with Gasteiger partial charge in [-0.15, -0.1) is 0 Å². The van der Waals surface area contributed by atoms with Gasteiger partial charge in [0.15, 0.2) is 0 Å². The molecule has 4 unspecified atom stereocenters. The standard InChI is InChI=1S/C27H41N7O5/c1-17(2)12-22(33-24(35)20(29)13-18-8-4-3-5-9-18)26(37)32-21(10-6-7-11-28)25(36)34-23(27(38)39)14-19-15-30-16-31-19/h3-5,8-9,15-17,20-23H,6-7,10-14,28-29H2,1-2H3,(H,30,31)(H,32,37)(H,33,35)(H,34,36)(H,38,39). The Kier molecular flexibility index (Phi) is 13.1. The first-order valence-corrected chi connectivity index (χ1v) is 13.2. The maximum absolute atomic E-state index is 13.3. The number of nitrogens with zero attached hydrogens (tertiary/aromatic N) is 1. The van der Waals surface area contributed by atoms with Crippen molar-refractivity contribution < 1.29 is 24.3 Å². The summed E-state index contributed by atoms with van der Waals surface area (Å²) in [6.07, 6.45) is 4.93. The van der Waals surface area contributed by atoms with Crippen LogP contribution in [0.2, 0.25) is 0 Å². The molecule has 1 heterocycles. The number of nitrogens with two attached hydrogens (primary N) is 2. The minimum absolute atomic E-state index is 0.00409. The predicted molar refractivity (Wildman–Crippen MR) is 146 cm³/mol. The van der Waals surface area contributed by atoms with E-state index in [0.29, 0.717) is 37.9 Å². The fourth-order valence-electron chi connectivity index (χ4n) is 4.06. The Morgan fingerprint density at radius 3 is 2.15 bits per heavy atom. The number of amides is 3. The molecule has 2 aromatic rings. The number of nitrogens with one attached hydrogen (secondary N) is 4. The third kappa shape index (κ3) is 11.2. The van der Waals surface area contributed by atoms with E-state index in [2.05, 4.69) is 25.9 Å². The monoisotopic (exact) mass is 543 g/mol. The number of hydrogen-bond acceptors (Lipinski definition) is 7. The summed E-state index contributed by atoms with van der Waals surface area (Å²) in [5, 5.41) is 17.6. The van der Waals surface area contributed by atoms with Crippen LogP contribution in [0.15, 0.2) is 42.9 Å². The molecule has 0 fully saturated rings. The topological polar surface area (TPSA) is 205 Å². The SMILES string of the molecule is CC(C)CC(NC(=O)C(N)Cc1ccccc1)C(=O)NC(CCCCN)C(=O)NC(Cc1cnc[nH]1)C(=O)O. The number of aromatic amines is 1. The molecule has 3 amide bonds. The average molecular weight is 544 g/mol. The highest BCUT2D eigenvalue weighted by Gasteiger charge is 2.30. The van der Waals surface area contributed by atoms with E-state index in [-0.39, 0.29) is 18.8 Å². The number of carbonyl (C=O) groups excluding carboxylic acids is 3. The van der Waals surface area contributed by atoms with Crippen LogP contribution in [0.25, 0.3) is 0 Å². The Balaban J connectivity index is 2.11. The molecule has 1 aromatic carbocycles. The molecule has 0 radical (unpaired) electrons. The number of benzene rings is 1. The molecule has 4 atom stereocenters. The fraction of sp³-hybridized carbons (Fsp3) is 0.519. The van der Waals surface area contributed by atoms with Crippen molar-refractivity contribution in [1.82, 2.24) is 25.9 Å². The molecule has 214 valence electrons. The number of hydrogen-bond donors (Lipinski definition) is 7. The Morgan fingerprint density at radius 1 is 0.923 bits per heavy atom. The molecule has 0 saturated carbocycles. The lowest BCUT2D eigenvalue weighted by atomic mass is 10.0. The van der Waals surface area contributed by atoms with Crippen LogP contribution < -0.4 is 27.4 Å². The van der Waals surface area contributed by atoms with E-state index < -0.39 is 47.9 Å². The van der Waals surface area contributed by atoms with Gasteiger partial charge in [0, 0.05) is 18.3 Å². The maximum Gasteiger partial charge on any atom is 0.326 e. The summed E-state index contributed by atoms with van der Waals surface area (Å²) in [7, 11) is 0. The van der Waals surface area contributed by atoms with Gasteiger partial charge in [-0.3, -0.25) is 14.4 Å². The minimum atomic E-state index is -1.23. The van der Waals surface area contributed by atoms with Crippen LogP contribution in [0.5, 0.6) is 0 Å². The van der Waals surface area contributed by atoms with Crippen LogP contribution in [-0.2, 0) is 32.0 Å². The average Bonchev–Trinajstić information content (AvgIpc) is 3.40. The van der Waals surface area contributed by atoms with Crippen molar-refractivity contribution in [3.05, 3.63) is 54.1 Å². The highest BCUT2D eigenvalue weighted by atomic mass is 16.4. The Labute approximate surface area is 228 Å². The van der Waals surface area contributed by atoms with Gasteiger partial charge in [0.2, 0.25) is 17.7 Å². The van der Waals surface area contributed by atoms with Gasteiger partial charge < -0.3 is 37.5 Å². The van der Waals surface area contributed by atoms with Gasteiger partial charge in [0.05, 0.1) is 12.4 Å². The minimum Gasteiger partial charge on any atom is -0.480 e. The van der Waals surface area contributed by atoms with Gasteiger partial charge in [0.1, 0.15) is 18.1 Å². The lowest BCUT2D eigenvalue weighted by Crippen LogP contribution is -2.57. The van der Waals surface area contributed by atoms with Crippen LogP contribution in [0, 0.1) is 5.92 Å². The molecular weight excluding hydrogens is 502 g/mol. The molecule has 0 spiro atoms. The van der Waals surface area contributed by atoms with Crippen LogP contribution in [0.1, 0.15) is 50.8 Å². The van der Waals surface area contributed by atoms with Crippen LogP contribution in [0.4, 0.5) is 0 Å². The number of H-pyrrole nitrogens is 1. The Morgan fingerprint density at radius 2 is 1.56 bits per heavy atom. The van der Waals surface area contributed by atoms with Crippen molar-refractivity contribution in [2.24, 2.45) is 17.4 Å². The molecule has 0 aliphatic carbocycles. The van der Waals surface area contributed by atoms with Crippen molar-refractivity contribution in [1.29, 1.82) is 0 Å². The zero-order valence-corrected chi connectivity index (χ0v) is 22.6. The third-order valence-corrected chi connectivity index (χ3v) is 6.15. The van der Waals surface area contributed by atoms with Crippen molar-refractivity contribution in [3.63, 3.8) is 0 Å². The van der Waals surface area contributed by atoms with E-state index in [1.807, 2.05) is 44.2 Å². The number of rotatable bonds is 17. The van der Waals surface area contributed by atoms with Crippen LogP contribution in [0.3, 0.4) is 0 Å². The number of carbonyl (C=O) groups is 4. The zero-order chi connectivity index (χ0) is 28.8. The molecule has 39 heavy (non-hydrogen) atoms. The number of aliphatic carboxylic acids is 1. The summed E-state index contributed by atoms with van der Waals surface area (Å²) in [5.74, 6) is -2.82. The van der Waals surface area contributed by atoms with E-state index in [9.17, 15) is 24.3 Å². The molecule has 2 rings (SSSR count). The van der Waals surface area contributed by atoms with Crippen molar-refractivity contribution in [2.45, 2.75) is 76.5 Å². The van der Waals surface area contributed by atoms with Crippen molar-refractivity contribution in [3.8, 4) is 0 Å². The first-order valence-electron chi connectivity index (χ1n) is 13.2. The number of imidazole rings is 1. The molecule has 0 aliphatic rings. The smallest absolute Gasteiger partial charge is 0.326 e. The van der Waals surface area contributed by atoms with Gasteiger partial charge in [-0.2, -0.15) is 0 Å². The van der Waals surface area contributed by atoms with Crippen molar-refractivity contribution in [2.75, 3.05) is 6.54 Å². The molecule has 0 saturated heterocycles. The second kappa shape index (κ2) is 16.2. The molecular formula is C27H41N7O5. The molecule has 12 nitrogen and oxygen atoms in total. The second-order valence-corrected chi connectivity index (χ2v) is 10.0. The Hall–Kier alpha value is -3.77. The molecule has 0 aliphatic heterocycles. The lowest BCUT2D eigenvalue weighted by molar-refractivity contribution is -0.142.